The number of hydrogen-bond acceptors (Lipinski definition) is 0. The molecule has 0 heterocycles. The molecule has 0 saturated heterocycles. The first-order valence-electron chi connectivity index (χ1n) is 8.57. The summed E-state index contributed by atoms with van der Waals surface area (Å²) in [7, 11) is 0. The number of allylic oxidation sites excluding steroid dienone is 2. The molecule has 0 radical (unpaired) electrons. The molecule has 0 aliphatic heterocycles. The van der Waals surface area contributed by atoms with Gasteiger partial charge < -0.3 is 0 Å². The first-order chi connectivity index (χ1) is 9.26. The predicted molar refractivity (Wildman–Crippen MR) is 89.6 cm³/mol. The molecule has 1 unspecified atom stereocenters. The van der Waals surface area contributed by atoms with Crippen LogP contribution in [0.15, 0.2) is 24.8 Å². The maximum absolute atomic E-state index is 4.18. The first kappa shape index (κ1) is 18.5. The lowest BCUT2D eigenvalue weighted by atomic mass is 9.88. The molecule has 0 amide bonds. The highest BCUT2D eigenvalue weighted by atomic mass is 14.1. The minimum atomic E-state index is 0.695. The van der Waals surface area contributed by atoms with Crippen LogP contribution in [-0.2, 0) is 0 Å². The first-order valence-corrected chi connectivity index (χ1v) is 8.57. The second-order valence-electron chi connectivity index (χ2n) is 5.88. The maximum atomic E-state index is 4.18. The van der Waals surface area contributed by atoms with Gasteiger partial charge in [0, 0.05) is 0 Å². The molecule has 0 spiro atoms. The zero-order chi connectivity index (χ0) is 14.3. The van der Waals surface area contributed by atoms with Gasteiger partial charge in [0.25, 0.3) is 0 Å². The maximum Gasteiger partial charge on any atom is -0.0168 e. The Morgan fingerprint density at radius 2 is 1.21 bits per heavy atom. The Morgan fingerprint density at radius 3 is 1.68 bits per heavy atom. The van der Waals surface area contributed by atoms with Gasteiger partial charge in [-0.2, -0.15) is 0 Å². The van der Waals surface area contributed by atoms with Crippen LogP contribution >= 0.6 is 0 Å². The molecule has 1 atom stereocenters. The molecule has 112 valence electrons. The van der Waals surface area contributed by atoms with Crippen LogP contribution in [0.2, 0.25) is 0 Å². The van der Waals surface area contributed by atoms with Crippen molar-refractivity contribution in [2.24, 2.45) is 5.92 Å². The Balaban J connectivity index is 3.74. The van der Waals surface area contributed by atoms with Gasteiger partial charge >= 0.3 is 0 Å². The zero-order valence-electron chi connectivity index (χ0n) is 13.6. The fraction of sp³-hybridized carbons (Fsp3) is 0.789. The predicted octanol–water partition coefficient (Wildman–Crippen LogP) is 7.07. The minimum Gasteiger partial charge on any atom is -0.0988 e. The number of unbranched alkanes of at least 4 members (excludes halogenated alkanes) is 8. The Bertz CT molecular complexity index is 214. The highest BCUT2D eigenvalue weighted by Gasteiger charge is 2.09. The van der Waals surface area contributed by atoms with Crippen LogP contribution in [0.3, 0.4) is 0 Å². The molecule has 0 saturated carbocycles. The van der Waals surface area contributed by atoms with E-state index in [0.29, 0.717) is 5.92 Å². The van der Waals surface area contributed by atoms with Crippen molar-refractivity contribution >= 4 is 0 Å². The van der Waals surface area contributed by atoms with Gasteiger partial charge in [-0.05, 0) is 18.8 Å². The lowest BCUT2D eigenvalue weighted by Gasteiger charge is -2.17. The summed E-state index contributed by atoms with van der Waals surface area (Å²) in [5, 5.41) is 0. The highest BCUT2D eigenvalue weighted by Crippen LogP contribution is 2.25. The van der Waals surface area contributed by atoms with Gasteiger partial charge in [0.15, 0.2) is 0 Å². The molecule has 0 nitrogen and oxygen atoms in total. The lowest BCUT2D eigenvalue weighted by Crippen LogP contribution is -2.02. The molecule has 19 heavy (non-hydrogen) atoms. The summed E-state index contributed by atoms with van der Waals surface area (Å²) >= 11 is 0. The lowest BCUT2D eigenvalue weighted by molar-refractivity contribution is 0.458. The Labute approximate surface area is 122 Å². The van der Waals surface area contributed by atoms with E-state index in [1.165, 1.54) is 82.6 Å². The van der Waals surface area contributed by atoms with Gasteiger partial charge in [-0.3, -0.25) is 0 Å². The van der Waals surface area contributed by atoms with Crippen molar-refractivity contribution in [3.63, 3.8) is 0 Å². The van der Waals surface area contributed by atoms with E-state index in [-0.39, 0.29) is 0 Å². The highest BCUT2D eigenvalue weighted by molar-refractivity contribution is 5.14. The summed E-state index contributed by atoms with van der Waals surface area (Å²) in [5.74, 6) is 0.695. The van der Waals surface area contributed by atoms with Crippen molar-refractivity contribution in [3.05, 3.63) is 24.8 Å². The average molecular weight is 264 g/mol. The van der Waals surface area contributed by atoms with Crippen LogP contribution < -0.4 is 0 Å². The molecule has 0 aromatic carbocycles. The van der Waals surface area contributed by atoms with Crippen molar-refractivity contribution < 1.29 is 0 Å². The molecule has 0 N–H and O–H groups in total. The van der Waals surface area contributed by atoms with Crippen molar-refractivity contribution in [1.29, 1.82) is 0 Å². The van der Waals surface area contributed by atoms with E-state index in [1.54, 1.807) is 0 Å². The van der Waals surface area contributed by atoms with Crippen LogP contribution in [0.1, 0.15) is 90.9 Å². The van der Waals surface area contributed by atoms with Gasteiger partial charge in [-0.25, -0.2) is 0 Å². The molecule has 0 aromatic rings. The number of hydrogen-bond donors (Lipinski definition) is 0. The normalized spacial score (nSPS) is 12.3. The third-order valence-corrected chi connectivity index (χ3v) is 4.10. The molecule has 0 fully saturated rings. The SMILES string of the molecule is C=CC(=C)C(CCCCCC)CCCCCCCC. The molecule has 0 aliphatic rings. The Hall–Kier alpha value is -0.520. The average Bonchev–Trinajstić information content (AvgIpc) is 2.44. The van der Waals surface area contributed by atoms with E-state index in [4.69, 9.17) is 0 Å². The van der Waals surface area contributed by atoms with E-state index in [0.717, 1.165) is 0 Å². The van der Waals surface area contributed by atoms with Crippen LogP contribution in [0.4, 0.5) is 0 Å². The summed E-state index contributed by atoms with van der Waals surface area (Å²) in [6, 6.07) is 0. The smallest absolute Gasteiger partial charge is 0.0168 e. The van der Waals surface area contributed by atoms with Crippen LogP contribution in [0, 0.1) is 5.92 Å². The third kappa shape index (κ3) is 11.0. The summed E-state index contributed by atoms with van der Waals surface area (Å²) in [4.78, 5) is 0. The zero-order valence-corrected chi connectivity index (χ0v) is 13.6. The third-order valence-electron chi connectivity index (χ3n) is 4.10. The van der Waals surface area contributed by atoms with Gasteiger partial charge in [0.2, 0.25) is 0 Å². The van der Waals surface area contributed by atoms with Gasteiger partial charge in [0.05, 0.1) is 0 Å². The fourth-order valence-corrected chi connectivity index (χ4v) is 2.67. The largest absolute Gasteiger partial charge is 0.0988 e. The van der Waals surface area contributed by atoms with Crippen molar-refractivity contribution in [3.8, 4) is 0 Å². The topological polar surface area (TPSA) is 0 Å². The molecular weight excluding hydrogens is 228 g/mol. The Morgan fingerprint density at radius 1 is 0.789 bits per heavy atom. The van der Waals surface area contributed by atoms with Crippen LogP contribution in [-0.4, -0.2) is 0 Å². The summed E-state index contributed by atoms with van der Waals surface area (Å²) in [6.45, 7) is 12.6. The molecule has 0 rings (SSSR count). The second kappa shape index (κ2) is 13.9. The molecular formula is C19H36. The van der Waals surface area contributed by atoms with Crippen molar-refractivity contribution in [1.82, 2.24) is 0 Å². The fourth-order valence-electron chi connectivity index (χ4n) is 2.67. The number of rotatable bonds is 14. The quantitative estimate of drug-likeness (QED) is 0.232. The second-order valence-corrected chi connectivity index (χ2v) is 5.88. The molecule has 0 bridgehead atoms. The van der Waals surface area contributed by atoms with Gasteiger partial charge in [-0.15, -0.1) is 0 Å². The monoisotopic (exact) mass is 264 g/mol. The van der Waals surface area contributed by atoms with E-state index in [2.05, 4.69) is 27.0 Å². The van der Waals surface area contributed by atoms with Gasteiger partial charge in [-0.1, -0.05) is 103 Å². The van der Waals surface area contributed by atoms with E-state index in [1.807, 2.05) is 6.08 Å². The summed E-state index contributed by atoms with van der Waals surface area (Å²) in [6.07, 6.45) is 18.4. The molecule has 0 aliphatic carbocycles. The van der Waals surface area contributed by atoms with Crippen LogP contribution in [0.5, 0.6) is 0 Å². The van der Waals surface area contributed by atoms with Crippen molar-refractivity contribution in [2.45, 2.75) is 90.9 Å². The van der Waals surface area contributed by atoms with E-state index in [9.17, 15) is 0 Å². The molecule has 0 heteroatoms. The van der Waals surface area contributed by atoms with E-state index >= 15 is 0 Å². The minimum absolute atomic E-state index is 0.695. The van der Waals surface area contributed by atoms with E-state index < -0.39 is 0 Å². The summed E-state index contributed by atoms with van der Waals surface area (Å²) in [5.41, 5.74) is 1.27. The van der Waals surface area contributed by atoms with Crippen LogP contribution in [0.25, 0.3) is 0 Å². The van der Waals surface area contributed by atoms with Crippen molar-refractivity contribution in [2.75, 3.05) is 0 Å². The standard InChI is InChI=1S/C19H36/c1-5-8-10-12-13-15-17-19(18(4)7-3)16-14-11-9-6-2/h7,19H,3-6,8-17H2,1-2H3. The molecule has 0 aromatic heterocycles. The van der Waals surface area contributed by atoms with Gasteiger partial charge in [0.1, 0.15) is 0 Å². The summed E-state index contributed by atoms with van der Waals surface area (Å²) < 4.78 is 0. The Kier molecular flexibility index (Phi) is 13.5.